The van der Waals surface area contributed by atoms with E-state index >= 15 is 0 Å². The number of Topliss-reactive ketones (excluding diaryl/α,β-unsaturated/α-hetero) is 4. The summed E-state index contributed by atoms with van der Waals surface area (Å²) >= 11 is 0. The average molecular weight is 1130 g/mol. The van der Waals surface area contributed by atoms with Crippen LogP contribution in [0.2, 0.25) is 0 Å². The van der Waals surface area contributed by atoms with Gasteiger partial charge >= 0.3 is 23.9 Å². The Kier molecular flexibility index (Phi) is 29.0. The second kappa shape index (κ2) is 32.1. The lowest BCUT2D eigenvalue weighted by atomic mass is 9.86. The molecule has 16 heteroatoms. The number of allylic oxidation sites excluding steroid dienone is 12. The number of aliphatic imine (C=N–C) groups is 4. The number of carbonyl (C=O) groups excluding carboxylic acids is 8. The molecule has 0 fully saturated rings. The van der Waals surface area contributed by atoms with Gasteiger partial charge in [0.15, 0.2) is 45.4 Å². The normalized spacial score (nSPS) is 13.0. The van der Waals surface area contributed by atoms with E-state index in [0.29, 0.717) is 50.7 Å². The summed E-state index contributed by atoms with van der Waals surface area (Å²) in [6, 6.07) is 0. The molecule has 0 aliphatic heterocycles. The first-order valence-electron chi connectivity index (χ1n) is 26.8. The summed E-state index contributed by atoms with van der Waals surface area (Å²) in [6.07, 6.45) is 6.37. The van der Waals surface area contributed by atoms with Gasteiger partial charge in [0.1, 0.15) is 0 Å². The topological polar surface area (TPSA) is 223 Å². The molecule has 0 aliphatic carbocycles. The van der Waals surface area contributed by atoms with E-state index in [4.69, 9.17) is 18.9 Å². The van der Waals surface area contributed by atoms with Crippen molar-refractivity contribution in [1.29, 1.82) is 0 Å². The molecular formula is C66H90N4O12. The van der Waals surface area contributed by atoms with Gasteiger partial charge in [-0.25, -0.2) is 39.1 Å². The molecule has 0 bridgehead atoms. The molecule has 0 radical (unpaired) electrons. The van der Waals surface area contributed by atoms with Gasteiger partial charge in [-0.1, -0.05) is 107 Å². The third-order valence-electron chi connectivity index (χ3n) is 12.4. The first kappa shape index (κ1) is 74.3. The van der Waals surface area contributed by atoms with Crippen molar-refractivity contribution < 1.29 is 57.3 Å². The fraction of sp³-hybridized carbons (Fsp3) is 0.515. The van der Waals surface area contributed by atoms with Crippen LogP contribution in [0.1, 0.15) is 179 Å². The van der Waals surface area contributed by atoms with Gasteiger partial charge in [-0.05, 0) is 140 Å². The smallest absolute Gasteiger partial charge is 0.351 e. The fourth-order valence-electron chi connectivity index (χ4n) is 6.98. The van der Waals surface area contributed by atoms with Gasteiger partial charge in [-0.3, -0.25) is 19.2 Å². The monoisotopic (exact) mass is 1130 g/mol. The van der Waals surface area contributed by atoms with Gasteiger partial charge in [-0.15, -0.1) is 0 Å². The van der Waals surface area contributed by atoms with E-state index in [1.807, 2.05) is 87.5 Å². The van der Waals surface area contributed by atoms with Crippen LogP contribution in [0.5, 0.6) is 0 Å². The van der Waals surface area contributed by atoms with E-state index in [9.17, 15) is 38.4 Å². The summed E-state index contributed by atoms with van der Waals surface area (Å²) in [5.41, 5.74) is 2.81. The quantitative estimate of drug-likeness (QED) is 0.0188. The van der Waals surface area contributed by atoms with Crippen molar-refractivity contribution >= 4 is 70.5 Å². The zero-order chi connectivity index (χ0) is 64.2. The Morgan fingerprint density at radius 1 is 0.329 bits per heavy atom. The number of rotatable bonds is 22. The summed E-state index contributed by atoms with van der Waals surface area (Å²) in [4.78, 5) is 124. The number of methoxy groups -OCH3 is 4. The van der Waals surface area contributed by atoms with Gasteiger partial charge in [0.05, 0.1) is 51.2 Å². The average Bonchev–Trinajstić information content (AvgIpc) is 3.38. The molecule has 0 spiro atoms. The Morgan fingerprint density at radius 3 is 0.744 bits per heavy atom. The van der Waals surface area contributed by atoms with Crippen LogP contribution in [-0.4, -0.2) is 98.9 Å². The lowest BCUT2D eigenvalue weighted by molar-refractivity contribution is -0.140. The highest BCUT2D eigenvalue weighted by atomic mass is 16.5. The van der Waals surface area contributed by atoms with Crippen molar-refractivity contribution in [3.63, 3.8) is 0 Å². The third kappa shape index (κ3) is 22.7. The minimum atomic E-state index is -0.996. The van der Waals surface area contributed by atoms with Crippen LogP contribution in [-0.2, 0) is 57.3 Å². The lowest BCUT2D eigenvalue weighted by Gasteiger charge is -2.16. The SMILES string of the molecule is COC(=O)C(=C=NC(=C(C)C)/C(C)=C\C/C(C)=C(N=C=C(C(=O)OC)C(=O)C(C)(C)C)\C(C)=C/C/C(C)=C(N=C=C(C(=O)OC)C(=O)C(C)(C)C)\C(C)=C/C/C(C)=C(/N=C=C(C(=O)OC)C(=O)C(C)(C)C)C(C)=C(C)C)C(=O)C(C)(C)C. The summed E-state index contributed by atoms with van der Waals surface area (Å²) < 4.78 is 19.8. The second-order valence-corrected chi connectivity index (χ2v) is 24.3. The number of esters is 4. The van der Waals surface area contributed by atoms with Gasteiger partial charge < -0.3 is 18.9 Å². The predicted octanol–water partition coefficient (Wildman–Crippen LogP) is 13.0. The summed E-state index contributed by atoms with van der Waals surface area (Å²) in [7, 11) is 4.67. The largest absolute Gasteiger partial charge is 0.465 e. The zero-order valence-corrected chi connectivity index (χ0v) is 54.0. The Labute approximate surface area is 488 Å². The highest BCUT2D eigenvalue weighted by Gasteiger charge is 2.33. The Bertz CT molecular complexity index is 3120. The van der Waals surface area contributed by atoms with E-state index in [0.717, 1.165) is 36.5 Å². The fourth-order valence-corrected chi connectivity index (χ4v) is 6.98. The molecular weight excluding hydrogens is 1040 g/mol. The van der Waals surface area contributed by atoms with E-state index in [2.05, 4.69) is 43.4 Å². The first-order valence-corrected chi connectivity index (χ1v) is 26.8. The summed E-state index contributed by atoms with van der Waals surface area (Å²) in [5, 5.41) is 0. The van der Waals surface area contributed by atoms with Crippen molar-refractivity contribution in [3.05, 3.63) is 113 Å². The molecule has 0 N–H and O–H groups in total. The maximum Gasteiger partial charge on any atom is 0.351 e. The number of hydrogen-bond acceptors (Lipinski definition) is 16. The van der Waals surface area contributed by atoms with Crippen molar-refractivity contribution in [2.45, 2.75) is 179 Å². The summed E-state index contributed by atoms with van der Waals surface area (Å²) in [5.74, 6) is 5.18. The number of ether oxygens (including phenoxy) is 4. The molecule has 0 saturated heterocycles. The third-order valence-corrected chi connectivity index (χ3v) is 12.4. The summed E-state index contributed by atoms with van der Waals surface area (Å²) in [6.45, 7) is 40.3. The Hall–Kier alpha value is -7.72. The molecule has 0 amide bonds. The number of carbonyl (C=O) groups is 8. The molecule has 82 heavy (non-hydrogen) atoms. The van der Waals surface area contributed by atoms with Gasteiger partial charge in [0.25, 0.3) is 0 Å². The Morgan fingerprint density at radius 2 is 0.537 bits per heavy atom. The first-order chi connectivity index (χ1) is 37.5. The van der Waals surface area contributed by atoms with Crippen LogP contribution in [0.25, 0.3) is 0 Å². The zero-order valence-electron chi connectivity index (χ0n) is 54.0. The molecule has 0 aromatic rings. The van der Waals surface area contributed by atoms with Gasteiger partial charge in [0.2, 0.25) is 0 Å². The van der Waals surface area contributed by atoms with Gasteiger partial charge in [-0.2, -0.15) is 0 Å². The molecule has 0 heterocycles. The highest BCUT2D eigenvalue weighted by molar-refractivity contribution is 6.27. The number of nitrogens with zero attached hydrogens (tertiary/aromatic N) is 4. The number of hydrogen-bond donors (Lipinski definition) is 0. The molecule has 0 aliphatic rings. The van der Waals surface area contributed by atoms with Crippen LogP contribution in [0.15, 0.2) is 133 Å². The predicted molar refractivity (Wildman–Crippen MR) is 325 cm³/mol. The maximum atomic E-state index is 13.6. The van der Waals surface area contributed by atoms with Crippen molar-refractivity contribution in [2.75, 3.05) is 28.4 Å². The van der Waals surface area contributed by atoms with Crippen LogP contribution in [0.3, 0.4) is 0 Å². The van der Waals surface area contributed by atoms with Crippen molar-refractivity contribution in [1.82, 2.24) is 0 Å². The van der Waals surface area contributed by atoms with Crippen LogP contribution in [0.4, 0.5) is 0 Å². The van der Waals surface area contributed by atoms with Crippen molar-refractivity contribution in [3.8, 4) is 0 Å². The van der Waals surface area contributed by atoms with Gasteiger partial charge in [0, 0.05) is 45.1 Å². The Balaban J connectivity index is 9.06. The molecule has 16 nitrogen and oxygen atoms in total. The molecule has 446 valence electrons. The van der Waals surface area contributed by atoms with E-state index < -0.39 is 68.7 Å². The molecule has 0 rings (SSSR count). The molecule has 0 aromatic carbocycles. The standard InChI is InChI=1S/C66H90N4O12/c1-38(2)46(11)54(70-37-50(62(78)82-27)58(74)66(21,22)23)45(10)33-32-44(9)53(69-36-49(61(77)81-26)57(73)65(18,19)20)43(8)31-30-42(7)52(68-35-48(60(76)80-25)56(72)64(15,16)17)41(6)29-28-40(5)51(39(3)4)67-34-47(59(75)79-24)55(71)63(12,13)14/h28,30,32H,29,31,33H2,1-27H3/b40-28-,42-30-,44-32-,52-41+,53-43+,54-45+. The molecule has 0 unspecified atom stereocenters. The maximum absolute atomic E-state index is 13.6. The van der Waals surface area contributed by atoms with E-state index in [1.54, 1.807) is 90.0 Å². The van der Waals surface area contributed by atoms with E-state index in [1.165, 1.54) is 14.2 Å². The van der Waals surface area contributed by atoms with Crippen LogP contribution < -0.4 is 0 Å². The minimum Gasteiger partial charge on any atom is -0.465 e. The molecule has 0 atom stereocenters. The minimum absolute atomic E-state index is 0.205. The van der Waals surface area contributed by atoms with E-state index in [-0.39, 0.29) is 41.6 Å². The van der Waals surface area contributed by atoms with Crippen LogP contribution >= 0.6 is 0 Å². The lowest BCUT2D eigenvalue weighted by Crippen LogP contribution is -2.27. The molecule has 0 aromatic heterocycles. The van der Waals surface area contributed by atoms with Crippen molar-refractivity contribution in [2.24, 2.45) is 41.6 Å². The molecule has 0 saturated carbocycles. The second-order valence-electron chi connectivity index (χ2n) is 24.3. The number of ketones is 4. The van der Waals surface area contributed by atoms with Crippen LogP contribution in [0, 0.1) is 21.7 Å². The highest BCUT2D eigenvalue weighted by Crippen LogP contribution is 2.29.